The second-order valence-corrected chi connectivity index (χ2v) is 3.10. The molecule has 0 amide bonds. The van der Waals surface area contributed by atoms with Crippen LogP contribution in [0.2, 0.25) is 5.15 Å². The minimum atomic E-state index is 0.377. The van der Waals surface area contributed by atoms with Crippen LogP contribution in [0.4, 0.5) is 5.69 Å². The Hall–Kier alpha value is -0.830. The van der Waals surface area contributed by atoms with Gasteiger partial charge < -0.3 is 5.73 Å². The summed E-state index contributed by atoms with van der Waals surface area (Å²) in [6.07, 6.45) is 3.82. The van der Waals surface area contributed by atoms with E-state index in [1.165, 1.54) is 19.2 Å². The normalized spacial score (nSPS) is 16.8. The Morgan fingerprint density at radius 2 is 2.18 bits per heavy atom. The maximum Gasteiger partial charge on any atom is 0.155 e. The maximum atomic E-state index is 5.71. The molecule has 1 saturated carbocycles. The van der Waals surface area contributed by atoms with Crippen molar-refractivity contribution in [3.8, 4) is 0 Å². The summed E-state index contributed by atoms with van der Waals surface area (Å²) < 4.78 is 0. The van der Waals surface area contributed by atoms with Gasteiger partial charge in [-0.3, -0.25) is 0 Å². The van der Waals surface area contributed by atoms with Crippen LogP contribution in [0.1, 0.15) is 24.5 Å². The van der Waals surface area contributed by atoms with Gasteiger partial charge >= 0.3 is 0 Å². The topological polar surface area (TPSA) is 51.8 Å². The molecular weight excluding hydrogens is 162 g/mol. The molecule has 0 atom stereocenters. The number of anilines is 1. The molecule has 1 aromatic heterocycles. The Morgan fingerprint density at radius 1 is 1.45 bits per heavy atom. The first-order chi connectivity index (χ1) is 5.29. The third-order valence-electron chi connectivity index (χ3n) is 1.83. The number of rotatable bonds is 1. The van der Waals surface area contributed by atoms with E-state index >= 15 is 0 Å². The van der Waals surface area contributed by atoms with Gasteiger partial charge in [-0.2, -0.15) is 0 Å². The summed E-state index contributed by atoms with van der Waals surface area (Å²) in [6.45, 7) is 0. The van der Waals surface area contributed by atoms with Crippen LogP contribution in [0, 0.1) is 0 Å². The van der Waals surface area contributed by atoms with Crippen LogP contribution in [-0.4, -0.2) is 9.97 Å². The summed E-state index contributed by atoms with van der Waals surface area (Å²) in [6, 6.07) is 0. The van der Waals surface area contributed by atoms with Crippen molar-refractivity contribution >= 4 is 17.3 Å². The Morgan fingerprint density at radius 3 is 2.82 bits per heavy atom. The lowest BCUT2D eigenvalue weighted by Gasteiger charge is -2.01. The van der Waals surface area contributed by atoms with Crippen LogP contribution in [0.25, 0.3) is 0 Å². The zero-order valence-corrected chi connectivity index (χ0v) is 6.67. The van der Waals surface area contributed by atoms with Gasteiger partial charge in [-0.1, -0.05) is 11.6 Å². The largest absolute Gasteiger partial charge is 0.395 e. The highest BCUT2D eigenvalue weighted by molar-refractivity contribution is 6.31. The summed E-state index contributed by atoms with van der Waals surface area (Å²) in [4.78, 5) is 7.86. The summed E-state index contributed by atoms with van der Waals surface area (Å²) in [7, 11) is 0. The van der Waals surface area contributed by atoms with Crippen LogP contribution in [-0.2, 0) is 0 Å². The van der Waals surface area contributed by atoms with E-state index in [9.17, 15) is 0 Å². The van der Waals surface area contributed by atoms with Gasteiger partial charge in [0.05, 0.1) is 11.4 Å². The highest BCUT2D eigenvalue weighted by atomic mass is 35.5. The van der Waals surface area contributed by atoms with E-state index in [0.717, 1.165) is 5.69 Å². The van der Waals surface area contributed by atoms with Crippen LogP contribution >= 0.6 is 11.6 Å². The Labute approximate surface area is 69.6 Å². The molecule has 11 heavy (non-hydrogen) atoms. The zero-order valence-electron chi connectivity index (χ0n) is 5.92. The minimum Gasteiger partial charge on any atom is -0.395 e. The Bertz CT molecular complexity index is 283. The van der Waals surface area contributed by atoms with Gasteiger partial charge in [0.2, 0.25) is 0 Å². The smallest absolute Gasteiger partial charge is 0.155 e. The number of nitrogen functional groups attached to an aromatic ring is 1. The van der Waals surface area contributed by atoms with E-state index in [0.29, 0.717) is 16.8 Å². The SMILES string of the molecule is Nc1c(Cl)ncnc1C1CC1. The van der Waals surface area contributed by atoms with E-state index in [1.807, 2.05) is 0 Å². The zero-order chi connectivity index (χ0) is 7.84. The number of aromatic nitrogens is 2. The van der Waals surface area contributed by atoms with Crippen molar-refractivity contribution in [3.05, 3.63) is 17.2 Å². The molecular formula is C7H8ClN3. The average Bonchev–Trinajstić information content (AvgIpc) is 2.77. The summed E-state index contributed by atoms with van der Waals surface area (Å²) in [5.74, 6) is 0.537. The quantitative estimate of drug-likeness (QED) is 0.650. The predicted molar refractivity (Wildman–Crippen MR) is 43.4 cm³/mol. The fraction of sp³-hybridized carbons (Fsp3) is 0.429. The van der Waals surface area contributed by atoms with Crippen molar-refractivity contribution < 1.29 is 0 Å². The van der Waals surface area contributed by atoms with E-state index in [1.54, 1.807) is 0 Å². The Balaban J connectivity index is 2.45. The van der Waals surface area contributed by atoms with E-state index in [4.69, 9.17) is 17.3 Å². The number of hydrogen-bond donors (Lipinski definition) is 1. The first kappa shape index (κ1) is 6.85. The highest BCUT2D eigenvalue weighted by Gasteiger charge is 2.27. The molecule has 0 bridgehead atoms. The Kier molecular flexibility index (Phi) is 1.46. The highest BCUT2D eigenvalue weighted by Crippen LogP contribution is 2.42. The molecule has 0 unspecified atom stereocenters. The van der Waals surface area contributed by atoms with Crippen molar-refractivity contribution in [1.82, 2.24) is 9.97 Å². The van der Waals surface area contributed by atoms with Gasteiger partial charge in [-0.15, -0.1) is 0 Å². The molecule has 0 spiro atoms. The summed E-state index contributed by atoms with van der Waals surface area (Å²) in [5.41, 5.74) is 7.14. The van der Waals surface area contributed by atoms with E-state index < -0.39 is 0 Å². The third kappa shape index (κ3) is 1.16. The second-order valence-electron chi connectivity index (χ2n) is 2.74. The van der Waals surface area contributed by atoms with Gasteiger partial charge in [-0.05, 0) is 12.8 Å². The van der Waals surface area contributed by atoms with Crippen molar-refractivity contribution in [3.63, 3.8) is 0 Å². The monoisotopic (exact) mass is 169 g/mol. The van der Waals surface area contributed by atoms with Crippen LogP contribution in [0.5, 0.6) is 0 Å². The molecule has 0 aromatic carbocycles. The lowest BCUT2D eigenvalue weighted by molar-refractivity contribution is 0.994. The molecule has 0 aliphatic heterocycles. The first-order valence-corrected chi connectivity index (χ1v) is 3.92. The van der Waals surface area contributed by atoms with Crippen LogP contribution < -0.4 is 5.73 Å². The number of hydrogen-bond acceptors (Lipinski definition) is 3. The predicted octanol–water partition coefficient (Wildman–Crippen LogP) is 1.59. The van der Waals surface area contributed by atoms with Gasteiger partial charge in [0.15, 0.2) is 5.15 Å². The average molecular weight is 170 g/mol. The van der Waals surface area contributed by atoms with Gasteiger partial charge in [-0.25, -0.2) is 9.97 Å². The molecule has 1 aliphatic rings. The van der Waals surface area contributed by atoms with Crippen molar-refractivity contribution in [2.75, 3.05) is 5.73 Å². The summed E-state index contributed by atoms with van der Waals surface area (Å²) in [5, 5.41) is 0.377. The molecule has 2 N–H and O–H groups in total. The number of nitrogens with two attached hydrogens (primary N) is 1. The molecule has 4 heteroatoms. The molecule has 0 radical (unpaired) electrons. The molecule has 1 aromatic rings. The molecule has 1 aliphatic carbocycles. The van der Waals surface area contributed by atoms with Crippen LogP contribution in [0.15, 0.2) is 6.33 Å². The lowest BCUT2D eigenvalue weighted by atomic mass is 10.2. The van der Waals surface area contributed by atoms with Gasteiger partial charge in [0.25, 0.3) is 0 Å². The van der Waals surface area contributed by atoms with Gasteiger partial charge in [0, 0.05) is 5.92 Å². The lowest BCUT2D eigenvalue weighted by Crippen LogP contribution is -1.98. The molecule has 1 heterocycles. The fourth-order valence-corrected chi connectivity index (χ4v) is 1.21. The first-order valence-electron chi connectivity index (χ1n) is 3.55. The molecule has 2 rings (SSSR count). The van der Waals surface area contributed by atoms with Crippen molar-refractivity contribution in [1.29, 1.82) is 0 Å². The number of halogens is 1. The second kappa shape index (κ2) is 2.34. The third-order valence-corrected chi connectivity index (χ3v) is 2.13. The van der Waals surface area contributed by atoms with Gasteiger partial charge in [0.1, 0.15) is 6.33 Å². The maximum absolute atomic E-state index is 5.71. The van der Waals surface area contributed by atoms with Crippen LogP contribution in [0.3, 0.4) is 0 Å². The van der Waals surface area contributed by atoms with E-state index in [-0.39, 0.29) is 0 Å². The molecule has 0 saturated heterocycles. The van der Waals surface area contributed by atoms with E-state index in [2.05, 4.69) is 9.97 Å². The number of nitrogens with zero attached hydrogens (tertiary/aromatic N) is 2. The molecule has 1 fully saturated rings. The standard InChI is InChI=1S/C7H8ClN3/c8-7-5(9)6(4-1-2-4)10-3-11-7/h3-4H,1-2,9H2. The van der Waals surface area contributed by atoms with Crippen molar-refractivity contribution in [2.45, 2.75) is 18.8 Å². The molecule has 3 nitrogen and oxygen atoms in total. The fourth-order valence-electron chi connectivity index (χ4n) is 1.07. The summed E-state index contributed by atoms with van der Waals surface area (Å²) >= 11 is 5.71. The van der Waals surface area contributed by atoms with Crippen molar-refractivity contribution in [2.24, 2.45) is 0 Å². The molecule has 58 valence electrons. The minimum absolute atomic E-state index is 0.377.